The summed E-state index contributed by atoms with van der Waals surface area (Å²) in [4.78, 5) is 23.3. The van der Waals surface area contributed by atoms with E-state index in [1.54, 1.807) is 31.2 Å². The minimum Gasteiger partial charge on any atom is -0.326 e. The lowest BCUT2D eigenvalue weighted by molar-refractivity contribution is -0.115. The molecular formula is C17H25N3O2. The lowest BCUT2D eigenvalue weighted by Gasteiger charge is -2.06. The maximum Gasteiger partial charge on any atom is 0.271 e. The Morgan fingerprint density at radius 1 is 1.05 bits per heavy atom. The van der Waals surface area contributed by atoms with Gasteiger partial charge in [0.05, 0.1) is 0 Å². The van der Waals surface area contributed by atoms with Crippen molar-refractivity contribution in [3.8, 4) is 0 Å². The first-order valence-electron chi connectivity index (χ1n) is 7.86. The van der Waals surface area contributed by atoms with Crippen LogP contribution in [0.5, 0.6) is 0 Å². The van der Waals surface area contributed by atoms with Crippen LogP contribution in [0.1, 0.15) is 63.2 Å². The van der Waals surface area contributed by atoms with Crippen LogP contribution in [0.25, 0.3) is 0 Å². The standard InChI is InChI=1S/C17H25N3O2/c1-4-7-8-14(5-2)19-20-17(22)13-9-11-15(12-10-13)18-16(21)6-3/h9-12H,4-8H2,1-3H3,(H,18,21)(H,20,22)/b19-14+. The lowest BCUT2D eigenvalue weighted by atomic mass is 10.1. The molecule has 0 bridgehead atoms. The van der Waals surface area contributed by atoms with Gasteiger partial charge in [0.2, 0.25) is 5.91 Å². The summed E-state index contributed by atoms with van der Waals surface area (Å²) < 4.78 is 0. The van der Waals surface area contributed by atoms with Crippen LogP contribution < -0.4 is 10.7 Å². The van der Waals surface area contributed by atoms with E-state index in [0.29, 0.717) is 17.7 Å². The molecule has 0 fully saturated rings. The molecule has 0 atom stereocenters. The van der Waals surface area contributed by atoms with Crippen LogP contribution in [0.3, 0.4) is 0 Å². The molecule has 0 aliphatic carbocycles. The molecule has 0 spiro atoms. The second kappa shape index (κ2) is 9.71. The molecule has 1 rings (SSSR count). The van der Waals surface area contributed by atoms with E-state index in [9.17, 15) is 9.59 Å². The number of benzene rings is 1. The molecule has 5 nitrogen and oxygen atoms in total. The summed E-state index contributed by atoms with van der Waals surface area (Å²) in [6, 6.07) is 6.77. The van der Waals surface area contributed by atoms with Crippen molar-refractivity contribution >= 4 is 23.2 Å². The highest BCUT2D eigenvalue weighted by Crippen LogP contribution is 2.10. The van der Waals surface area contributed by atoms with Gasteiger partial charge in [-0.3, -0.25) is 9.59 Å². The Kier molecular flexibility index (Phi) is 7.89. The Balaban J connectivity index is 2.61. The average molecular weight is 303 g/mol. The zero-order valence-electron chi connectivity index (χ0n) is 13.6. The van der Waals surface area contributed by atoms with Crippen LogP contribution in [0, 0.1) is 0 Å². The summed E-state index contributed by atoms with van der Waals surface area (Å²) in [6.07, 6.45) is 4.36. The second-order valence-electron chi connectivity index (χ2n) is 5.06. The van der Waals surface area contributed by atoms with Crippen LogP contribution in [-0.2, 0) is 4.79 Å². The van der Waals surface area contributed by atoms with E-state index in [4.69, 9.17) is 0 Å². The number of rotatable bonds is 8. The van der Waals surface area contributed by atoms with Gasteiger partial charge in [0.15, 0.2) is 0 Å². The molecule has 5 heteroatoms. The van der Waals surface area contributed by atoms with Gasteiger partial charge in [-0.05, 0) is 43.5 Å². The van der Waals surface area contributed by atoms with E-state index in [-0.39, 0.29) is 11.8 Å². The van der Waals surface area contributed by atoms with Crippen molar-refractivity contribution in [2.24, 2.45) is 5.10 Å². The van der Waals surface area contributed by atoms with Crippen LogP contribution in [0.15, 0.2) is 29.4 Å². The van der Waals surface area contributed by atoms with Gasteiger partial charge in [0.1, 0.15) is 0 Å². The molecule has 0 radical (unpaired) electrons. The van der Waals surface area contributed by atoms with Gasteiger partial charge >= 0.3 is 0 Å². The summed E-state index contributed by atoms with van der Waals surface area (Å²) >= 11 is 0. The number of nitrogens with one attached hydrogen (secondary N) is 2. The highest BCUT2D eigenvalue weighted by Gasteiger charge is 2.06. The van der Waals surface area contributed by atoms with E-state index in [1.165, 1.54) is 0 Å². The summed E-state index contributed by atoms with van der Waals surface area (Å²) in [6.45, 7) is 5.95. The smallest absolute Gasteiger partial charge is 0.271 e. The number of hydrogen-bond donors (Lipinski definition) is 2. The van der Waals surface area contributed by atoms with E-state index in [0.717, 1.165) is 31.4 Å². The molecule has 0 saturated carbocycles. The number of nitrogens with zero attached hydrogens (tertiary/aromatic N) is 1. The first kappa shape index (κ1) is 17.9. The fourth-order valence-corrected chi connectivity index (χ4v) is 1.84. The normalized spacial score (nSPS) is 11.1. The summed E-state index contributed by atoms with van der Waals surface area (Å²) in [5.41, 5.74) is 4.80. The van der Waals surface area contributed by atoms with Crippen LogP contribution in [0.4, 0.5) is 5.69 Å². The van der Waals surface area contributed by atoms with E-state index < -0.39 is 0 Å². The monoisotopic (exact) mass is 303 g/mol. The van der Waals surface area contributed by atoms with Gasteiger partial charge in [-0.1, -0.05) is 27.2 Å². The molecule has 120 valence electrons. The molecule has 0 heterocycles. The Hall–Kier alpha value is -2.17. The van der Waals surface area contributed by atoms with Gasteiger partial charge < -0.3 is 5.32 Å². The molecule has 0 aromatic heterocycles. The minimum absolute atomic E-state index is 0.0506. The van der Waals surface area contributed by atoms with Gasteiger partial charge in [0.25, 0.3) is 5.91 Å². The Morgan fingerprint density at radius 2 is 1.73 bits per heavy atom. The predicted molar refractivity (Wildman–Crippen MR) is 90.1 cm³/mol. The third-order valence-corrected chi connectivity index (χ3v) is 3.29. The van der Waals surface area contributed by atoms with Crippen molar-refractivity contribution in [2.75, 3.05) is 5.32 Å². The molecule has 22 heavy (non-hydrogen) atoms. The zero-order valence-corrected chi connectivity index (χ0v) is 13.6. The third-order valence-electron chi connectivity index (χ3n) is 3.29. The quantitative estimate of drug-likeness (QED) is 0.567. The molecule has 2 amide bonds. The number of carbonyl (C=O) groups is 2. The van der Waals surface area contributed by atoms with E-state index in [2.05, 4.69) is 22.8 Å². The molecule has 0 aliphatic heterocycles. The molecule has 0 unspecified atom stereocenters. The maximum absolute atomic E-state index is 12.0. The fourth-order valence-electron chi connectivity index (χ4n) is 1.84. The van der Waals surface area contributed by atoms with Crippen molar-refractivity contribution < 1.29 is 9.59 Å². The van der Waals surface area contributed by atoms with Gasteiger partial charge in [0, 0.05) is 23.4 Å². The number of hydrogen-bond acceptors (Lipinski definition) is 3. The molecular weight excluding hydrogens is 278 g/mol. The van der Waals surface area contributed by atoms with Crippen molar-refractivity contribution in [1.82, 2.24) is 5.43 Å². The summed E-state index contributed by atoms with van der Waals surface area (Å²) in [5.74, 6) is -0.291. The zero-order chi connectivity index (χ0) is 16.4. The van der Waals surface area contributed by atoms with Gasteiger partial charge in [-0.25, -0.2) is 5.43 Å². The number of amides is 2. The van der Waals surface area contributed by atoms with Crippen molar-refractivity contribution in [1.29, 1.82) is 0 Å². The van der Waals surface area contributed by atoms with Crippen molar-refractivity contribution in [3.05, 3.63) is 29.8 Å². The Morgan fingerprint density at radius 3 is 2.27 bits per heavy atom. The molecule has 2 N–H and O–H groups in total. The average Bonchev–Trinajstić information content (AvgIpc) is 2.55. The third kappa shape index (κ3) is 6.08. The number of unbranched alkanes of at least 4 members (excludes halogenated alkanes) is 1. The van der Waals surface area contributed by atoms with Gasteiger partial charge in [-0.2, -0.15) is 5.10 Å². The summed E-state index contributed by atoms with van der Waals surface area (Å²) in [5, 5.41) is 6.93. The van der Waals surface area contributed by atoms with Crippen molar-refractivity contribution in [2.45, 2.75) is 52.9 Å². The largest absolute Gasteiger partial charge is 0.326 e. The number of hydrazone groups is 1. The SMILES string of the molecule is CCCC/C(CC)=N/NC(=O)c1ccc(NC(=O)CC)cc1. The number of anilines is 1. The fraction of sp³-hybridized carbons (Fsp3) is 0.471. The van der Waals surface area contributed by atoms with Crippen molar-refractivity contribution in [3.63, 3.8) is 0 Å². The lowest BCUT2D eigenvalue weighted by Crippen LogP contribution is -2.19. The highest BCUT2D eigenvalue weighted by molar-refractivity contribution is 5.96. The Labute approximate surface area is 132 Å². The number of carbonyl (C=O) groups excluding carboxylic acids is 2. The van der Waals surface area contributed by atoms with E-state index >= 15 is 0 Å². The summed E-state index contributed by atoms with van der Waals surface area (Å²) in [7, 11) is 0. The predicted octanol–water partition coefficient (Wildman–Crippen LogP) is 3.72. The highest BCUT2D eigenvalue weighted by atomic mass is 16.2. The van der Waals surface area contributed by atoms with E-state index in [1.807, 2.05) is 6.92 Å². The van der Waals surface area contributed by atoms with Crippen LogP contribution in [-0.4, -0.2) is 17.5 Å². The molecule has 1 aromatic carbocycles. The van der Waals surface area contributed by atoms with Gasteiger partial charge in [-0.15, -0.1) is 0 Å². The first-order valence-corrected chi connectivity index (χ1v) is 7.86. The molecule has 0 aliphatic rings. The Bertz CT molecular complexity index is 521. The first-order chi connectivity index (χ1) is 10.6. The minimum atomic E-state index is -0.240. The topological polar surface area (TPSA) is 70.6 Å². The maximum atomic E-state index is 12.0. The molecule has 0 saturated heterocycles. The second-order valence-corrected chi connectivity index (χ2v) is 5.06. The van der Waals surface area contributed by atoms with Crippen LogP contribution >= 0.6 is 0 Å². The molecule has 1 aromatic rings. The van der Waals surface area contributed by atoms with Crippen LogP contribution in [0.2, 0.25) is 0 Å².